The van der Waals surface area contributed by atoms with Crippen molar-refractivity contribution in [3.8, 4) is 22.5 Å². The van der Waals surface area contributed by atoms with E-state index in [4.69, 9.17) is 22.0 Å². The number of carbonyl (C=O) groups excluding carboxylic acids is 1. The first-order valence-electron chi connectivity index (χ1n) is 12.1. The van der Waals surface area contributed by atoms with Crippen LogP contribution in [0.15, 0.2) is 48.5 Å². The van der Waals surface area contributed by atoms with Gasteiger partial charge in [0.15, 0.2) is 5.15 Å². The van der Waals surface area contributed by atoms with Gasteiger partial charge in [0.1, 0.15) is 5.82 Å². The number of halogens is 1. The molecule has 0 spiro atoms. The van der Waals surface area contributed by atoms with Gasteiger partial charge in [-0.2, -0.15) is 0 Å². The normalized spacial score (nSPS) is 11.4. The molecule has 4 rings (SSSR count). The Labute approximate surface area is 223 Å². The van der Waals surface area contributed by atoms with Gasteiger partial charge in [0.2, 0.25) is 5.82 Å². The van der Waals surface area contributed by atoms with Gasteiger partial charge in [-0.05, 0) is 28.3 Å². The number of nitrogens with zero attached hydrogens (tertiary/aromatic N) is 7. The number of rotatable bonds is 12. The second-order valence-corrected chi connectivity index (χ2v) is 8.85. The Balaban J connectivity index is 1.54. The van der Waals surface area contributed by atoms with Crippen LogP contribution in [0, 0.1) is 0 Å². The van der Waals surface area contributed by atoms with E-state index in [-0.39, 0.29) is 25.5 Å². The molecule has 0 aliphatic heterocycles. The number of imidazole rings is 1. The van der Waals surface area contributed by atoms with E-state index in [0.29, 0.717) is 23.0 Å². The van der Waals surface area contributed by atoms with E-state index in [9.17, 15) is 9.90 Å². The molecule has 0 saturated carbocycles. The molecule has 0 aliphatic carbocycles. The highest BCUT2D eigenvalue weighted by molar-refractivity contribution is 6.30. The van der Waals surface area contributed by atoms with E-state index >= 15 is 0 Å². The first-order valence-corrected chi connectivity index (χ1v) is 12.5. The van der Waals surface area contributed by atoms with Crippen LogP contribution >= 0.6 is 11.6 Å². The maximum atomic E-state index is 12.2. The van der Waals surface area contributed by atoms with E-state index in [1.807, 2.05) is 53.1 Å². The maximum Gasteiger partial charge on any atom is 0.268 e. The van der Waals surface area contributed by atoms with Gasteiger partial charge in [-0.1, -0.05) is 78.3 Å². The van der Waals surface area contributed by atoms with Crippen LogP contribution in [0.3, 0.4) is 0 Å². The highest BCUT2D eigenvalue weighted by Crippen LogP contribution is 2.30. The number of carbonyl (C=O) groups is 1. The highest BCUT2D eigenvalue weighted by Gasteiger charge is 2.17. The molecule has 2 aromatic carbocycles. The second kappa shape index (κ2) is 12.8. The predicted molar refractivity (Wildman–Crippen MR) is 136 cm³/mol. The molecule has 200 valence electrons. The molecular weight excluding hydrogens is 514 g/mol. The average molecular weight is 542 g/mol. The zero-order valence-corrected chi connectivity index (χ0v) is 21.5. The van der Waals surface area contributed by atoms with E-state index < -0.39 is 11.3 Å². The third-order valence-electron chi connectivity index (χ3n) is 5.94. The summed E-state index contributed by atoms with van der Waals surface area (Å²) in [7, 11) is 0. The molecule has 0 bridgehead atoms. The van der Waals surface area contributed by atoms with Crippen molar-refractivity contribution in [3.05, 3.63) is 70.8 Å². The molecule has 0 fully saturated rings. The van der Waals surface area contributed by atoms with Crippen molar-refractivity contribution in [2.75, 3.05) is 6.61 Å². The van der Waals surface area contributed by atoms with Crippen molar-refractivity contribution in [1.29, 1.82) is 0 Å². The fourth-order valence-electron chi connectivity index (χ4n) is 4.01. The minimum absolute atomic E-state index is 0.184. The zero-order valence-electron chi connectivity index (χ0n) is 20.7. The number of aryl methyl sites for hydroxylation is 1. The Morgan fingerprint density at radius 3 is 2.53 bits per heavy atom. The number of hydrogen-bond donors (Lipinski definition) is 3. The fourth-order valence-corrected chi connectivity index (χ4v) is 4.27. The van der Waals surface area contributed by atoms with Crippen LogP contribution in [0.5, 0.6) is 0 Å². The van der Waals surface area contributed by atoms with Gasteiger partial charge in [0, 0.05) is 18.5 Å². The second-order valence-electron chi connectivity index (χ2n) is 8.49. The molecule has 0 radical (unpaired) electrons. The lowest BCUT2D eigenvalue weighted by molar-refractivity contribution is -0.491. The molecule has 0 amide bonds. The van der Waals surface area contributed by atoms with E-state index in [1.54, 1.807) is 0 Å². The topological polar surface area (TPSA) is 152 Å². The van der Waals surface area contributed by atoms with Crippen molar-refractivity contribution in [2.45, 2.75) is 45.8 Å². The quantitative estimate of drug-likeness (QED) is 0.226. The first kappa shape index (κ1) is 27.5. The number of benzene rings is 2. The smallest absolute Gasteiger partial charge is 0.268 e. The summed E-state index contributed by atoms with van der Waals surface area (Å²) < 4.78 is 1.98. The Morgan fingerprint density at radius 2 is 1.84 bits per heavy atom. The Kier molecular flexibility index (Phi) is 9.29. The lowest BCUT2D eigenvalue weighted by Gasteiger charge is -2.12. The number of aliphatic hydroxyl groups is 1. The van der Waals surface area contributed by atoms with Gasteiger partial charge in [-0.3, -0.25) is 20.0 Å². The van der Waals surface area contributed by atoms with Crippen LogP contribution in [0.2, 0.25) is 5.15 Å². The maximum absolute atomic E-state index is 12.2. The molecule has 2 aromatic heterocycles. The van der Waals surface area contributed by atoms with Gasteiger partial charge < -0.3 is 9.67 Å². The van der Waals surface area contributed by atoms with E-state index in [2.05, 4.69) is 32.2 Å². The summed E-state index contributed by atoms with van der Waals surface area (Å²) in [5.74, 6) is 0.606. The Hall–Kier alpha value is -3.52. The molecule has 13 heteroatoms. The molecule has 0 saturated heterocycles. The van der Waals surface area contributed by atoms with Crippen molar-refractivity contribution >= 4 is 17.5 Å². The molecule has 12 nitrogen and oxygen atoms in total. The van der Waals surface area contributed by atoms with Gasteiger partial charge in [0.25, 0.3) is 5.91 Å². The lowest BCUT2D eigenvalue weighted by Crippen LogP contribution is -2.20. The van der Waals surface area contributed by atoms with Gasteiger partial charge in [0.05, 0.1) is 30.7 Å². The van der Waals surface area contributed by atoms with Crippen LogP contribution in [-0.4, -0.2) is 63.2 Å². The van der Waals surface area contributed by atoms with Crippen LogP contribution in [0.25, 0.3) is 22.5 Å². The van der Waals surface area contributed by atoms with Crippen molar-refractivity contribution < 1.29 is 25.2 Å². The summed E-state index contributed by atoms with van der Waals surface area (Å²) in [6.07, 6.45) is 2.61. The summed E-state index contributed by atoms with van der Waals surface area (Å²) >= 11 is 6.28. The molecule has 4 aromatic rings. The zero-order chi connectivity index (χ0) is 27.1. The largest absolute Gasteiger partial charge is 0.390 e. The Morgan fingerprint density at radius 1 is 1.11 bits per heavy atom. The minimum Gasteiger partial charge on any atom is -0.390 e. The number of unbranched alkanes of at least 4 members (excludes halogenated alkanes) is 1. The van der Waals surface area contributed by atoms with Crippen molar-refractivity contribution in [2.24, 2.45) is 0 Å². The van der Waals surface area contributed by atoms with Crippen molar-refractivity contribution in [3.63, 3.8) is 0 Å². The Bertz CT molecular complexity index is 1370. The SMILES string of the molecule is CCCCc1nc(Cl)c(CO)n1Cc1ccc(-c2ccccc2-c2nnn(C(=O)CCON(O)O)n2)cc1. The molecular formula is C25H28ClN7O5. The third-order valence-corrected chi connectivity index (χ3v) is 6.24. The van der Waals surface area contributed by atoms with Gasteiger partial charge in [-0.15, -0.1) is 10.2 Å². The standard InChI is InChI=1S/C25H28ClN7O5/c1-2-3-8-22-27-24(26)21(16-34)31(22)15-17-9-11-18(12-10-17)19-6-4-5-7-20(19)25-28-30-32(29-25)23(35)13-14-38-33(36)37/h4-7,9-12,34,36-37H,2-3,8,13-16H2,1H3. The predicted octanol–water partition coefficient (Wildman–Crippen LogP) is 3.78. The van der Waals surface area contributed by atoms with Crippen LogP contribution < -0.4 is 0 Å². The summed E-state index contributed by atoms with van der Waals surface area (Å²) in [6, 6.07) is 15.5. The first-order chi connectivity index (χ1) is 18.4. The molecule has 2 heterocycles. The van der Waals surface area contributed by atoms with Crippen LogP contribution in [-0.2, 0) is 24.4 Å². The average Bonchev–Trinajstić information content (AvgIpc) is 3.52. The summed E-state index contributed by atoms with van der Waals surface area (Å²) in [6.45, 7) is 2.19. The van der Waals surface area contributed by atoms with E-state index in [1.165, 1.54) is 0 Å². The molecule has 0 unspecified atom stereocenters. The summed E-state index contributed by atoms with van der Waals surface area (Å²) in [5, 5.41) is 38.9. The minimum atomic E-state index is -0.521. The number of aromatic nitrogens is 6. The third kappa shape index (κ3) is 6.48. The summed E-state index contributed by atoms with van der Waals surface area (Å²) in [4.78, 5) is 22.0. The van der Waals surface area contributed by atoms with E-state index in [0.717, 1.165) is 46.6 Å². The number of hydrogen-bond acceptors (Lipinski definition) is 10. The van der Waals surface area contributed by atoms with Crippen LogP contribution in [0.4, 0.5) is 0 Å². The van der Waals surface area contributed by atoms with Gasteiger partial charge in [-0.25, -0.2) is 4.98 Å². The fraction of sp³-hybridized carbons (Fsp3) is 0.320. The van der Waals surface area contributed by atoms with Crippen molar-refractivity contribution in [1.82, 2.24) is 35.1 Å². The number of aliphatic hydroxyl groups excluding tert-OH is 1. The van der Waals surface area contributed by atoms with Gasteiger partial charge >= 0.3 is 0 Å². The molecule has 0 atom stereocenters. The molecule has 0 aliphatic rings. The summed E-state index contributed by atoms with van der Waals surface area (Å²) in [5.41, 5.74) is 4.10. The molecule has 3 N–H and O–H groups in total. The van der Waals surface area contributed by atoms with Crippen LogP contribution in [0.1, 0.15) is 48.1 Å². The number of tetrazole rings is 1. The molecule has 38 heavy (non-hydrogen) atoms. The monoisotopic (exact) mass is 541 g/mol. The highest BCUT2D eigenvalue weighted by atomic mass is 35.5. The lowest BCUT2D eigenvalue weighted by atomic mass is 9.98.